The molecule has 19 heavy (non-hydrogen) atoms. The highest BCUT2D eigenvalue weighted by molar-refractivity contribution is 5.16. The number of hydrogen-bond donors (Lipinski definition) is 1. The average molecular weight is 259 g/mol. The molecule has 1 nitrogen and oxygen atoms in total. The zero-order valence-corrected chi connectivity index (χ0v) is 12.6. The smallest absolute Gasteiger partial charge is 0.00120 e. The molecular formula is C18H29N. The fourth-order valence-corrected chi connectivity index (χ4v) is 3.72. The molecule has 1 heteroatoms. The van der Waals surface area contributed by atoms with Gasteiger partial charge >= 0.3 is 0 Å². The Balaban J connectivity index is 2.09. The summed E-state index contributed by atoms with van der Waals surface area (Å²) in [7, 11) is 0. The molecule has 0 aliphatic carbocycles. The predicted molar refractivity (Wildman–Crippen MR) is 83.4 cm³/mol. The molecule has 0 radical (unpaired) electrons. The number of rotatable bonds is 6. The van der Waals surface area contributed by atoms with Crippen LogP contribution in [0, 0.1) is 11.3 Å². The maximum Gasteiger partial charge on any atom is -0.00120 e. The molecule has 1 aromatic rings. The summed E-state index contributed by atoms with van der Waals surface area (Å²) >= 11 is 0. The van der Waals surface area contributed by atoms with Gasteiger partial charge in [0, 0.05) is 0 Å². The van der Waals surface area contributed by atoms with Gasteiger partial charge in [-0.15, -0.1) is 0 Å². The molecule has 1 saturated heterocycles. The van der Waals surface area contributed by atoms with Crippen molar-refractivity contribution in [2.75, 3.05) is 13.1 Å². The highest BCUT2D eigenvalue weighted by Gasteiger charge is 2.38. The Bertz CT molecular complexity index is 359. The lowest BCUT2D eigenvalue weighted by atomic mass is 9.64. The summed E-state index contributed by atoms with van der Waals surface area (Å²) in [5.74, 6) is 0.806. The summed E-state index contributed by atoms with van der Waals surface area (Å²) in [5, 5.41) is 3.62. The Labute approximate surface area is 118 Å². The highest BCUT2D eigenvalue weighted by Crippen LogP contribution is 2.43. The molecule has 0 amide bonds. The van der Waals surface area contributed by atoms with Crippen molar-refractivity contribution >= 4 is 0 Å². The van der Waals surface area contributed by atoms with Crippen molar-refractivity contribution in [3.05, 3.63) is 35.9 Å². The molecule has 0 bridgehead atoms. The van der Waals surface area contributed by atoms with Crippen LogP contribution in [0.3, 0.4) is 0 Å². The van der Waals surface area contributed by atoms with Crippen molar-refractivity contribution in [1.29, 1.82) is 0 Å². The van der Waals surface area contributed by atoms with E-state index in [1.807, 2.05) is 0 Å². The minimum Gasteiger partial charge on any atom is -0.316 e. The fourth-order valence-electron chi connectivity index (χ4n) is 3.72. The lowest BCUT2D eigenvalue weighted by molar-refractivity contribution is 0.0865. The van der Waals surface area contributed by atoms with E-state index in [2.05, 4.69) is 49.5 Å². The monoisotopic (exact) mass is 259 g/mol. The molecule has 1 fully saturated rings. The van der Waals surface area contributed by atoms with Crippen LogP contribution in [0.2, 0.25) is 0 Å². The van der Waals surface area contributed by atoms with Gasteiger partial charge in [0.05, 0.1) is 0 Å². The molecule has 2 rings (SSSR count). The quantitative estimate of drug-likeness (QED) is 0.797. The molecule has 2 atom stereocenters. The van der Waals surface area contributed by atoms with Gasteiger partial charge in [0.2, 0.25) is 0 Å². The Kier molecular flexibility index (Phi) is 5.45. The molecule has 1 aliphatic heterocycles. The first-order valence-electron chi connectivity index (χ1n) is 8.05. The minimum atomic E-state index is 0.580. The van der Waals surface area contributed by atoms with E-state index in [4.69, 9.17) is 0 Å². The van der Waals surface area contributed by atoms with Crippen molar-refractivity contribution in [2.45, 2.75) is 52.4 Å². The number of unbranched alkanes of at least 4 members (excludes halogenated alkanes) is 1. The largest absolute Gasteiger partial charge is 0.316 e. The summed E-state index contributed by atoms with van der Waals surface area (Å²) in [4.78, 5) is 0. The Morgan fingerprint density at radius 2 is 2.00 bits per heavy atom. The molecule has 1 aromatic carbocycles. The lowest BCUT2D eigenvalue weighted by Gasteiger charge is -2.45. The van der Waals surface area contributed by atoms with Gasteiger partial charge in [-0.05, 0) is 49.2 Å². The van der Waals surface area contributed by atoms with E-state index in [1.165, 1.54) is 57.2 Å². The first-order valence-corrected chi connectivity index (χ1v) is 8.05. The van der Waals surface area contributed by atoms with Gasteiger partial charge in [-0.1, -0.05) is 63.4 Å². The van der Waals surface area contributed by atoms with Crippen LogP contribution in [-0.2, 0) is 6.42 Å². The van der Waals surface area contributed by atoms with Crippen molar-refractivity contribution in [1.82, 2.24) is 5.32 Å². The van der Waals surface area contributed by atoms with Crippen LogP contribution in [0.25, 0.3) is 0 Å². The van der Waals surface area contributed by atoms with E-state index in [0.29, 0.717) is 5.41 Å². The zero-order chi connectivity index (χ0) is 13.6. The third-order valence-corrected chi connectivity index (χ3v) is 5.11. The molecule has 1 heterocycles. The summed E-state index contributed by atoms with van der Waals surface area (Å²) in [6, 6.07) is 11.0. The summed E-state index contributed by atoms with van der Waals surface area (Å²) in [6.45, 7) is 7.13. The molecular weight excluding hydrogens is 230 g/mol. The first-order chi connectivity index (χ1) is 9.30. The molecule has 2 unspecified atom stereocenters. The van der Waals surface area contributed by atoms with E-state index in [1.54, 1.807) is 0 Å². The standard InChI is InChI=1S/C18H29N/c1-3-5-11-18(4-2)12-13-19-15-17(18)14-16-9-7-6-8-10-16/h6-10,17,19H,3-5,11-15H2,1-2H3. The van der Waals surface area contributed by atoms with E-state index in [-0.39, 0.29) is 0 Å². The second-order valence-corrected chi connectivity index (χ2v) is 6.16. The summed E-state index contributed by atoms with van der Waals surface area (Å²) in [5.41, 5.74) is 2.09. The van der Waals surface area contributed by atoms with Crippen molar-refractivity contribution in [3.8, 4) is 0 Å². The van der Waals surface area contributed by atoms with Gasteiger partial charge < -0.3 is 5.32 Å². The van der Waals surface area contributed by atoms with Gasteiger partial charge in [0.1, 0.15) is 0 Å². The molecule has 1 aliphatic rings. The topological polar surface area (TPSA) is 12.0 Å². The van der Waals surface area contributed by atoms with Crippen LogP contribution < -0.4 is 5.32 Å². The van der Waals surface area contributed by atoms with Gasteiger partial charge in [0.25, 0.3) is 0 Å². The van der Waals surface area contributed by atoms with E-state index in [9.17, 15) is 0 Å². The maximum absolute atomic E-state index is 3.62. The zero-order valence-electron chi connectivity index (χ0n) is 12.6. The predicted octanol–water partition coefficient (Wildman–Crippen LogP) is 4.43. The summed E-state index contributed by atoms with van der Waals surface area (Å²) in [6.07, 6.45) is 8.07. The molecule has 0 aromatic heterocycles. The highest BCUT2D eigenvalue weighted by atomic mass is 14.9. The van der Waals surface area contributed by atoms with Crippen LogP contribution in [0.5, 0.6) is 0 Å². The van der Waals surface area contributed by atoms with Crippen LogP contribution in [-0.4, -0.2) is 13.1 Å². The SMILES string of the molecule is CCCCC1(CC)CCNCC1Cc1ccccc1. The van der Waals surface area contributed by atoms with E-state index >= 15 is 0 Å². The molecule has 0 saturated carbocycles. The Hall–Kier alpha value is -0.820. The van der Waals surface area contributed by atoms with Crippen LogP contribution >= 0.6 is 0 Å². The van der Waals surface area contributed by atoms with Gasteiger partial charge in [-0.2, -0.15) is 0 Å². The maximum atomic E-state index is 3.62. The Morgan fingerprint density at radius 1 is 1.21 bits per heavy atom. The number of hydrogen-bond acceptors (Lipinski definition) is 1. The normalized spacial score (nSPS) is 27.4. The van der Waals surface area contributed by atoms with Gasteiger partial charge in [0.15, 0.2) is 0 Å². The molecule has 106 valence electrons. The lowest BCUT2D eigenvalue weighted by Crippen LogP contribution is -2.45. The van der Waals surface area contributed by atoms with E-state index < -0.39 is 0 Å². The van der Waals surface area contributed by atoms with Gasteiger partial charge in [-0.3, -0.25) is 0 Å². The fraction of sp³-hybridized carbons (Fsp3) is 0.667. The second kappa shape index (κ2) is 7.09. The Morgan fingerprint density at radius 3 is 2.68 bits per heavy atom. The molecule has 0 spiro atoms. The third kappa shape index (κ3) is 3.60. The van der Waals surface area contributed by atoms with Gasteiger partial charge in [-0.25, -0.2) is 0 Å². The van der Waals surface area contributed by atoms with Crippen molar-refractivity contribution in [2.24, 2.45) is 11.3 Å². The van der Waals surface area contributed by atoms with Crippen molar-refractivity contribution in [3.63, 3.8) is 0 Å². The number of piperidine rings is 1. The third-order valence-electron chi connectivity index (χ3n) is 5.11. The second-order valence-electron chi connectivity index (χ2n) is 6.16. The van der Waals surface area contributed by atoms with Crippen LogP contribution in [0.4, 0.5) is 0 Å². The minimum absolute atomic E-state index is 0.580. The first kappa shape index (κ1) is 14.6. The summed E-state index contributed by atoms with van der Waals surface area (Å²) < 4.78 is 0. The average Bonchev–Trinajstić information content (AvgIpc) is 2.48. The molecule has 1 N–H and O–H groups in total. The van der Waals surface area contributed by atoms with E-state index in [0.717, 1.165) is 5.92 Å². The van der Waals surface area contributed by atoms with Crippen LogP contribution in [0.15, 0.2) is 30.3 Å². The number of nitrogens with one attached hydrogen (secondary N) is 1. The number of benzene rings is 1. The van der Waals surface area contributed by atoms with Crippen LogP contribution in [0.1, 0.15) is 51.5 Å². The van der Waals surface area contributed by atoms with Crippen molar-refractivity contribution < 1.29 is 0 Å².